The van der Waals surface area contributed by atoms with E-state index in [1.807, 2.05) is 0 Å². The number of rotatable bonds is 4. The quantitative estimate of drug-likeness (QED) is 0.623. The van der Waals surface area contributed by atoms with E-state index >= 15 is 0 Å². The molecule has 0 bridgehead atoms. The number of nitrogens with zero attached hydrogens (tertiary/aromatic N) is 1. The number of halogens is 3. The third-order valence-corrected chi connectivity index (χ3v) is 2.34. The molecular formula is C13H14F3NO2. The molecule has 1 aromatic rings. The fraction of sp³-hybridized carbons (Fsp3) is 0.385. The summed E-state index contributed by atoms with van der Waals surface area (Å²) in [6, 6.07) is 7.65. The van der Waals surface area contributed by atoms with Crippen molar-refractivity contribution in [1.82, 2.24) is 0 Å². The first-order valence-electron chi connectivity index (χ1n) is 5.73. The average molecular weight is 273 g/mol. The van der Waals surface area contributed by atoms with Gasteiger partial charge in [-0.15, -0.1) is 0 Å². The molecule has 0 radical (unpaired) electrons. The zero-order valence-corrected chi connectivity index (χ0v) is 10.6. The zero-order chi connectivity index (χ0) is 14.5. The molecule has 0 aliphatic rings. The number of hydrogen-bond acceptors (Lipinski definition) is 3. The number of aliphatic imine (C=N–C) groups is 1. The van der Waals surface area contributed by atoms with Crippen LogP contribution in [0.15, 0.2) is 35.3 Å². The van der Waals surface area contributed by atoms with Crippen LogP contribution in [0.2, 0.25) is 0 Å². The minimum atomic E-state index is -4.82. The minimum absolute atomic E-state index is 0.131. The lowest BCUT2D eigenvalue weighted by Gasteiger charge is -2.13. The molecule has 0 fully saturated rings. The summed E-state index contributed by atoms with van der Waals surface area (Å²) >= 11 is 0. The van der Waals surface area contributed by atoms with Gasteiger partial charge >= 0.3 is 12.1 Å². The molecule has 6 heteroatoms. The lowest BCUT2D eigenvalue weighted by atomic mass is 10.1. The molecule has 0 unspecified atom stereocenters. The van der Waals surface area contributed by atoms with Gasteiger partial charge in [0.1, 0.15) is 0 Å². The van der Waals surface area contributed by atoms with E-state index in [2.05, 4.69) is 9.73 Å². The van der Waals surface area contributed by atoms with Crippen LogP contribution in [-0.4, -0.2) is 24.5 Å². The highest BCUT2D eigenvalue weighted by Gasteiger charge is 2.42. The van der Waals surface area contributed by atoms with Crippen molar-refractivity contribution in [3.05, 3.63) is 35.9 Å². The molecule has 1 aromatic carbocycles. The molecular weight excluding hydrogens is 259 g/mol. The Kier molecular flexibility index (Phi) is 5.09. The van der Waals surface area contributed by atoms with Gasteiger partial charge in [-0.25, -0.2) is 4.79 Å². The van der Waals surface area contributed by atoms with Gasteiger partial charge in [0.2, 0.25) is 5.71 Å². The third kappa shape index (κ3) is 4.39. The first kappa shape index (κ1) is 15.2. The van der Waals surface area contributed by atoms with Crippen LogP contribution in [0.3, 0.4) is 0 Å². The summed E-state index contributed by atoms with van der Waals surface area (Å²) in [4.78, 5) is 14.7. The number of carbonyl (C=O) groups is 1. The van der Waals surface area contributed by atoms with Crippen LogP contribution in [0.1, 0.15) is 25.5 Å². The molecule has 104 valence electrons. The highest BCUT2D eigenvalue weighted by molar-refractivity contribution is 6.38. The molecule has 0 amide bonds. The number of ether oxygens (including phenoxy) is 1. The molecule has 0 aromatic heterocycles. The highest BCUT2D eigenvalue weighted by Crippen LogP contribution is 2.23. The fourth-order valence-electron chi connectivity index (χ4n) is 1.44. The van der Waals surface area contributed by atoms with E-state index in [4.69, 9.17) is 0 Å². The van der Waals surface area contributed by atoms with Crippen LogP contribution >= 0.6 is 0 Å². The second kappa shape index (κ2) is 6.36. The molecule has 0 N–H and O–H groups in total. The van der Waals surface area contributed by atoms with Gasteiger partial charge in [0.25, 0.3) is 0 Å². The smallest absolute Gasteiger partial charge is 0.440 e. The average Bonchev–Trinajstić information content (AvgIpc) is 2.35. The number of carbonyl (C=O) groups excluding carboxylic acids is 1. The Balaban J connectivity index is 3.04. The fourth-order valence-corrected chi connectivity index (χ4v) is 1.44. The van der Waals surface area contributed by atoms with Crippen molar-refractivity contribution in [2.45, 2.75) is 26.1 Å². The summed E-state index contributed by atoms with van der Waals surface area (Å²) in [5.74, 6) is -1.45. The molecule has 19 heavy (non-hydrogen) atoms. The Morgan fingerprint density at radius 1 is 1.32 bits per heavy atom. The topological polar surface area (TPSA) is 38.7 Å². The largest absolute Gasteiger partial charge is 0.461 e. The SMILES string of the molecule is CCOC(=O)/C(=N/[C@@H](C)c1ccccc1)C(F)(F)F. The molecule has 0 aliphatic heterocycles. The Bertz CT molecular complexity index is 455. The summed E-state index contributed by atoms with van der Waals surface area (Å²) in [6.45, 7) is 2.79. The normalized spacial score (nSPS) is 14.1. The van der Waals surface area contributed by atoms with E-state index in [1.54, 1.807) is 30.3 Å². The van der Waals surface area contributed by atoms with Crippen LogP contribution in [0.25, 0.3) is 0 Å². The first-order valence-corrected chi connectivity index (χ1v) is 5.73. The van der Waals surface area contributed by atoms with Crippen molar-refractivity contribution in [2.24, 2.45) is 4.99 Å². The van der Waals surface area contributed by atoms with Gasteiger partial charge in [0, 0.05) is 0 Å². The third-order valence-electron chi connectivity index (χ3n) is 2.34. The van der Waals surface area contributed by atoms with E-state index < -0.39 is 23.9 Å². The summed E-state index contributed by atoms with van der Waals surface area (Å²) in [5.41, 5.74) is -0.917. The van der Waals surface area contributed by atoms with E-state index in [-0.39, 0.29) is 6.61 Å². The summed E-state index contributed by atoms with van der Waals surface area (Å²) in [5, 5.41) is 0. The van der Waals surface area contributed by atoms with Crippen LogP contribution in [0.4, 0.5) is 13.2 Å². The van der Waals surface area contributed by atoms with Crippen molar-refractivity contribution < 1.29 is 22.7 Å². The van der Waals surface area contributed by atoms with Crippen molar-refractivity contribution in [3.63, 3.8) is 0 Å². The van der Waals surface area contributed by atoms with Crippen LogP contribution in [0.5, 0.6) is 0 Å². The van der Waals surface area contributed by atoms with Gasteiger partial charge in [-0.2, -0.15) is 13.2 Å². The predicted molar refractivity (Wildman–Crippen MR) is 65.0 cm³/mol. The van der Waals surface area contributed by atoms with Crippen LogP contribution in [-0.2, 0) is 9.53 Å². The molecule has 3 nitrogen and oxygen atoms in total. The second-order valence-electron chi connectivity index (χ2n) is 3.78. The Morgan fingerprint density at radius 2 is 1.89 bits per heavy atom. The Morgan fingerprint density at radius 3 is 2.37 bits per heavy atom. The van der Waals surface area contributed by atoms with Gasteiger partial charge in [0.15, 0.2) is 0 Å². The monoisotopic (exact) mass is 273 g/mol. The number of hydrogen-bond donors (Lipinski definition) is 0. The highest BCUT2D eigenvalue weighted by atomic mass is 19.4. The van der Waals surface area contributed by atoms with E-state index in [9.17, 15) is 18.0 Å². The minimum Gasteiger partial charge on any atom is -0.461 e. The maximum atomic E-state index is 12.7. The Labute approximate surface area is 109 Å². The summed E-state index contributed by atoms with van der Waals surface area (Å²) < 4.78 is 42.6. The number of esters is 1. The lowest BCUT2D eigenvalue weighted by molar-refractivity contribution is -0.139. The summed E-state index contributed by atoms with van der Waals surface area (Å²) in [6.07, 6.45) is -4.82. The van der Waals surface area contributed by atoms with E-state index in [1.165, 1.54) is 13.8 Å². The predicted octanol–water partition coefficient (Wildman–Crippen LogP) is 3.31. The molecule has 1 atom stereocenters. The van der Waals surface area contributed by atoms with Crippen LogP contribution in [0, 0.1) is 0 Å². The Hall–Kier alpha value is -1.85. The molecule has 0 saturated carbocycles. The van der Waals surface area contributed by atoms with E-state index in [0.717, 1.165) is 0 Å². The molecule has 0 heterocycles. The second-order valence-corrected chi connectivity index (χ2v) is 3.78. The first-order chi connectivity index (χ1) is 8.86. The maximum absolute atomic E-state index is 12.7. The van der Waals surface area contributed by atoms with Gasteiger partial charge in [-0.1, -0.05) is 30.3 Å². The maximum Gasteiger partial charge on any atom is 0.440 e. The number of alkyl halides is 3. The van der Waals surface area contributed by atoms with Crippen molar-refractivity contribution in [3.8, 4) is 0 Å². The zero-order valence-electron chi connectivity index (χ0n) is 10.6. The molecule has 1 rings (SSSR count). The van der Waals surface area contributed by atoms with Gasteiger partial charge in [0.05, 0.1) is 12.6 Å². The van der Waals surface area contributed by atoms with Gasteiger partial charge in [-0.3, -0.25) is 4.99 Å². The number of benzene rings is 1. The van der Waals surface area contributed by atoms with Gasteiger partial charge < -0.3 is 4.74 Å². The van der Waals surface area contributed by atoms with Crippen molar-refractivity contribution in [2.75, 3.05) is 6.61 Å². The summed E-state index contributed by atoms with van der Waals surface area (Å²) in [7, 11) is 0. The molecule has 0 saturated heterocycles. The van der Waals surface area contributed by atoms with Crippen molar-refractivity contribution in [1.29, 1.82) is 0 Å². The van der Waals surface area contributed by atoms with E-state index in [0.29, 0.717) is 5.56 Å². The molecule has 0 spiro atoms. The standard InChI is InChI=1S/C13H14F3NO2/c1-3-19-12(18)11(13(14,15)16)17-9(2)10-7-5-4-6-8-10/h4-9H,3H2,1-2H3/b17-11-/t9-/m0/s1. The van der Waals surface area contributed by atoms with Crippen molar-refractivity contribution >= 4 is 11.7 Å². The van der Waals surface area contributed by atoms with Crippen LogP contribution < -0.4 is 0 Å². The van der Waals surface area contributed by atoms with Gasteiger partial charge in [-0.05, 0) is 19.4 Å². The lowest BCUT2D eigenvalue weighted by Crippen LogP contribution is -2.33. The molecule has 0 aliphatic carbocycles.